The summed E-state index contributed by atoms with van der Waals surface area (Å²) >= 11 is 0. The average molecular weight is 184 g/mol. The molecule has 0 radical (unpaired) electrons. The van der Waals surface area contributed by atoms with Gasteiger partial charge in [0.05, 0.1) is 12.8 Å². The highest BCUT2D eigenvalue weighted by Gasteiger charge is 2.13. The van der Waals surface area contributed by atoms with Gasteiger partial charge in [0.2, 0.25) is 0 Å². The van der Waals surface area contributed by atoms with Gasteiger partial charge in [0.1, 0.15) is 11.4 Å². The summed E-state index contributed by atoms with van der Waals surface area (Å²) in [6.45, 7) is 1.83. The van der Waals surface area contributed by atoms with Crippen LogP contribution in [0.1, 0.15) is 17.3 Å². The summed E-state index contributed by atoms with van der Waals surface area (Å²) in [5, 5.41) is 0. The van der Waals surface area contributed by atoms with Crippen LogP contribution in [0.25, 0.3) is 0 Å². The molecule has 70 valence electrons. The van der Waals surface area contributed by atoms with Gasteiger partial charge in [0.15, 0.2) is 5.82 Å². The van der Waals surface area contributed by atoms with Crippen LogP contribution in [0.15, 0.2) is 12.3 Å². The molecule has 0 amide bonds. The summed E-state index contributed by atoms with van der Waals surface area (Å²) < 4.78 is 17.5. The number of halogens is 1. The van der Waals surface area contributed by atoms with Gasteiger partial charge in [-0.15, -0.1) is 0 Å². The smallest absolute Gasteiger partial charge is 0.341 e. The van der Waals surface area contributed by atoms with Gasteiger partial charge in [0, 0.05) is 0 Å². The molecule has 0 aliphatic carbocycles. The number of hydrogen-bond acceptors (Lipinski definition) is 4. The zero-order chi connectivity index (χ0) is 9.84. The molecule has 1 aromatic rings. The predicted molar refractivity (Wildman–Crippen MR) is 44.6 cm³/mol. The number of nitrogens with two attached hydrogens (primary N) is 1. The summed E-state index contributed by atoms with van der Waals surface area (Å²) in [6, 6.07) is 1.15. The second kappa shape index (κ2) is 3.84. The Morgan fingerprint density at radius 3 is 3.08 bits per heavy atom. The molecule has 0 saturated carbocycles. The molecule has 0 aliphatic rings. The van der Waals surface area contributed by atoms with Crippen molar-refractivity contribution in [3.63, 3.8) is 0 Å². The third-order valence-electron chi connectivity index (χ3n) is 1.37. The van der Waals surface area contributed by atoms with E-state index in [1.807, 2.05) is 0 Å². The molecule has 0 fully saturated rings. The van der Waals surface area contributed by atoms with Crippen LogP contribution >= 0.6 is 0 Å². The van der Waals surface area contributed by atoms with Crippen LogP contribution < -0.4 is 5.73 Å². The van der Waals surface area contributed by atoms with E-state index < -0.39 is 11.8 Å². The summed E-state index contributed by atoms with van der Waals surface area (Å²) in [7, 11) is 0. The van der Waals surface area contributed by atoms with Gasteiger partial charge < -0.3 is 10.5 Å². The van der Waals surface area contributed by atoms with Gasteiger partial charge in [-0.2, -0.15) is 0 Å². The maximum atomic E-state index is 12.9. The first-order valence-electron chi connectivity index (χ1n) is 3.73. The maximum Gasteiger partial charge on any atom is 0.341 e. The lowest BCUT2D eigenvalue weighted by molar-refractivity contribution is 0.0521. The third-order valence-corrected chi connectivity index (χ3v) is 1.37. The van der Waals surface area contributed by atoms with E-state index in [4.69, 9.17) is 5.73 Å². The minimum Gasteiger partial charge on any atom is -0.462 e. The average Bonchev–Trinajstić information content (AvgIpc) is 2.09. The van der Waals surface area contributed by atoms with Crippen molar-refractivity contribution < 1.29 is 13.9 Å². The SMILES string of the molecule is CCOC(=O)c1cc(N)ncc1F. The highest BCUT2D eigenvalue weighted by atomic mass is 19.1. The number of hydrogen-bond donors (Lipinski definition) is 1. The first-order chi connectivity index (χ1) is 6.15. The molecule has 0 unspecified atom stereocenters. The molecule has 0 aromatic carbocycles. The highest BCUT2D eigenvalue weighted by Crippen LogP contribution is 2.10. The molecule has 0 bridgehead atoms. The van der Waals surface area contributed by atoms with Crippen LogP contribution in [0.2, 0.25) is 0 Å². The molecule has 2 N–H and O–H groups in total. The molecule has 4 nitrogen and oxygen atoms in total. The predicted octanol–water partition coefficient (Wildman–Crippen LogP) is 0.980. The molecule has 0 spiro atoms. The standard InChI is InChI=1S/C8H9FN2O2/c1-2-13-8(12)5-3-7(10)11-4-6(5)9/h3-4H,2H2,1H3,(H2,10,11). The lowest BCUT2D eigenvalue weighted by atomic mass is 10.2. The number of nitrogen functional groups attached to an aromatic ring is 1. The Morgan fingerprint density at radius 2 is 2.46 bits per heavy atom. The van der Waals surface area contributed by atoms with Crippen LogP contribution in [-0.2, 0) is 4.74 Å². The Balaban J connectivity index is 2.99. The summed E-state index contributed by atoms with van der Waals surface area (Å²) in [5.74, 6) is -1.37. The Labute approximate surface area is 74.5 Å². The van der Waals surface area contributed by atoms with Crippen LogP contribution in [0.3, 0.4) is 0 Å². The molecule has 0 saturated heterocycles. The van der Waals surface area contributed by atoms with Crippen molar-refractivity contribution in [1.82, 2.24) is 4.98 Å². The molecule has 0 aliphatic heterocycles. The van der Waals surface area contributed by atoms with E-state index in [0.717, 1.165) is 12.3 Å². The van der Waals surface area contributed by atoms with Crippen molar-refractivity contribution in [2.75, 3.05) is 12.3 Å². The Morgan fingerprint density at radius 1 is 1.77 bits per heavy atom. The largest absolute Gasteiger partial charge is 0.462 e. The van der Waals surface area contributed by atoms with Crippen molar-refractivity contribution >= 4 is 11.8 Å². The number of rotatable bonds is 2. The number of aromatic nitrogens is 1. The fraction of sp³-hybridized carbons (Fsp3) is 0.250. The molecule has 1 aromatic heterocycles. The molecule has 1 heterocycles. The first-order valence-corrected chi connectivity index (χ1v) is 3.73. The maximum absolute atomic E-state index is 12.9. The fourth-order valence-electron chi connectivity index (χ4n) is 0.820. The quantitative estimate of drug-likeness (QED) is 0.696. The van der Waals surface area contributed by atoms with Gasteiger partial charge in [0.25, 0.3) is 0 Å². The van der Waals surface area contributed by atoms with Crippen molar-refractivity contribution in [2.24, 2.45) is 0 Å². The summed E-state index contributed by atoms with van der Waals surface area (Å²) in [4.78, 5) is 14.5. The van der Waals surface area contributed by atoms with Gasteiger partial charge >= 0.3 is 5.97 Å². The minimum atomic E-state index is -0.729. The van der Waals surface area contributed by atoms with Crippen molar-refractivity contribution in [2.45, 2.75) is 6.92 Å². The normalized spacial score (nSPS) is 9.69. The van der Waals surface area contributed by atoms with E-state index in [1.54, 1.807) is 6.92 Å². The number of nitrogens with zero attached hydrogens (tertiary/aromatic N) is 1. The zero-order valence-corrected chi connectivity index (χ0v) is 7.08. The van der Waals surface area contributed by atoms with Crippen molar-refractivity contribution in [3.8, 4) is 0 Å². The van der Waals surface area contributed by atoms with Crippen LogP contribution in [0, 0.1) is 5.82 Å². The first kappa shape index (κ1) is 9.44. The fourth-order valence-corrected chi connectivity index (χ4v) is 0.820. The van der Waals surface area contributed by atoms with Crippen LogP contribution in [0.4, 0.5) is 10.2 Å². The molecule has 0 atom stereocenters. The zero-order valence-electron chi connectivity index (χ0n) is 7.08. The number of ether oxygens (including phenoxy) is 1. The van der Waals surface area contributed by atoms with Crippen LogP contribution in [0.5, 0.6) is 0 Å². The topological polar surface area (TPSA) is 65.2 Å². The lowest BCUT2D eigenvalue weighted by Gasteiger charge is -2.02. The van der Waals surface area contributed by atoms with E-state index in [-0.39, 0.29) is 18.0 Å². The lowest BCUT2D eigenvalue weighted by Crippen LogP contribution is -2.08. The van der Waals surface area contributed by atoms with E-state index >= 15 is 0 Å². The molecule has 5 heteroatoms. The summed E-state index contributed by atoms with van der Waals surface area (Å²) in [5.41, 5.74) is 5.09. The van der Waals surface area contributed by atoms with E-state index in [0.29, 0.717) is 0 Å². The van der Waals surface area contributed by atoms with E-state index in [2.05, 4.69) is 9.72 Å². The highest BCUT2D eigenvalue weighted by molar-refractivity contribution is 5.90. The second-order valence-electron chi connectivity index (χ2n) is 2.31. The van der Waals surface area contributed by atoms with Crippen molar-refractivity contribution in [1.29, 1.82) is 0 Å². The van der Waals surface area contributed by atoms with Crippen molar-refractivity contribution in [3.05, 3.63) is 23.6 Å². The molecular formula is C8H9FN2O2. The Hall–Kier alpha value is -1.65. The minimum absolute atomic E-state index is 0.0875. The molecular weight excluding hydrogens is 175 g/mol. The second-order valence-corrected chi connectivity index (χ2v) is 2.31. The van der Waals surface area contributed by atoms with Gasteiger partial charge in [-0.1, -0.05) is 0 Å². The van der Waals surface area contributed by atoms with Gasteiger partial charge in [-0.05, 0) is 13.0 Å². The number of carbonyl (C=O) groups is 1. The van der Waals surface area contributed by atoms with Gasteiger partial charge in [-0.25, -0.2) is 14.2 Å². The number of carbonyl (C=O) groups excluding carboxylic acids is 1. The van der Waals surface area contributed by atoms with E-state index in [1.165, 1.54) is 0 Å². The van der Waals surface area contributed by atoms with Crippen LogP contribution in [-0.4, -0.2) is 17.6 Å². The third kappa shape index (κ3) is 2.14. The number of pyridine rings is 1. The Bertz CT molecular complexity index is 328. The Kier molecular flexibility index (Phi) is 2.79. The molecule has 1 rings (SSSR count). The number of anilines is 1. The molecule has 13 heavy (non-hydrogen) atoms. The van der Waals surface area contributed by atoms with Gasteiger partial charge in [-0.3, -0.25) is 0 Å². The monoisotopic (exact) mass is 184 g/mol. The van der Waals surface area contributed by atoms with E-state index in [9.17, 15) is 9.18 Å². The number of esters is 1. The summed E-state index contributed by atoms with van der Waals surface area (Å²) in [6.07, 6.45) is 0.890.